The van der Waals surface area contributed by atoms with Gasteiger partial charge in [0.25, 0.3) is 5.91 Å². The summed E-state index contributed by atoms with van der Waals surface area (Å²) in [5.74, 6) is 1.89. The summed E-state index contributed by atoms with van der Waals surface area (Å²) < 4.78 is 21.6. The summed E-state index contributed by atoms with van der Waals surface area (Å²) in [6.07, 6.45) is 4.69. The molecule has 0 heterocycles. The fourth-order valence-electron chi connectivity index (χ4n) is 4.31. The van der Waals surface area contributed by atoms with Gasteiger partial charge in [0.2, 0.25) is 5.91 Å². The molecule has 0 saturated heterocycles. The van der Waals surface area contributed by atoms with Crippen LogP contribution in [0.5, 0.6) is 23.0 Å². The molecule has 1 aliphatic rings. The Labute approximate surface area is 207 Å². The summed E-state index contributed by atoms with van der Waals surface area (Å²) in [7, 11) is 4.71. The van der Waals surface area contributed by atoms with Gasteiger partial charge in [0.1, 0.15) is 29.0 Å². The van der Waals surface area contributed by atoms with E-state index in [4.69, 9.17) is 18.9 Å². The van der Waals surface area contributed by atoms with Crippen LogP contribution >= 0.6 is 0 Å². The van der Waals surface area contributed by atoms with Crippen LogP contribution in [0.3, 0.4) is 0 Å². The zero-order chi connectivity index (χ0) is 25.2. The second kappa shape index (κ2) is 12.9. The molecular formula is C27H36N2O6. The van der Waals surface area contributed by atoms with E-state index in [9.17, 15) is 9.59 Å². The highest BCUT2D eigenvalue weighted by molar-refractivity contribution is 5.88. The van der Waals surface area contributed by atoms with Crippen molar-refractivity contribution in [1.82, 2.24) is 10.2 Å². The summed E-state index contributed by atoms with van der Waals surface area (Å²) >= 11 is 0. The smallest absolute Gasteiger partial charge is 0.261 e. The maximum absolute atomic E-state index is 13.4. The van der Waals surface area contributed by atoms with E-state index in [0.29, 0.717) is 23.7 Å². The van der Waals surface area contributed by atoms with Crippen molar-refractivity contribution in [2.45, 2.75) is 57.7 Å². The first-order valence-electron chi connectivity index (χ1n) is 12.1. The number of carbonyl (C=O) groups excluding carboxylic acids is 2. The number of nitrogens with zero attached hydrogens (tertiary/aromatic N) is 1. The highest BCUT2D eigenvalue weighted by Crippen LogP contribution is 2.27. The van der Waals surface area contributed by atoms with Crippen molar-refractivity contribution in [2.75, 3.05) is 27.9 Å². The van der Waals surface area contributed by atoms with Gasteiger partial charge in [-0.1, -0.05) is 31.9 Å². The number of nitrogens with one attached hydrogen (secondary N) is 1. The third kappa shape index (κ3) is 7.28. The number of hydrogen-bond acceptors (Lipinski definition) is 6. The lowest BCUT2D eigenvalue weighted by molar-refractivity contribution is -0.143. The lowest BCUT2D eigenvalue weighted by Crippen LogP contribution is -2.52. The Balaban J connectivity index is 1.78. The van der Waals surface area contributed by atoms with Crippen molar-refractivity contribution in [1.29, 1.82) is 0 Å². The summed E-state index contributed by atoms with van der Waals surface area (Å²) in [5.41, 5.74) is 0.898. The molecule has 1 aliphatic carbocycles. The van der Waals surface area contributed by atoms with Crippen LogP contribution < -0.4 is 24.3 Å². The minimum atomic E-state index is -0.603. The Kier molecular flexibility index (Phi) is 9.64. The second-order valence-electron chi connectivity index (χ2n) is 8.62. The van der Waals surface area contributed by atoms with Crippen molar-refractivity contribution < 1.29 is 28.5 Å². The zero-order valence-electron chi connectivity index (χ0n) is 21.0. The molecular weight excluding hydrogens is 448 g/mol. The SMILES string of the molecule is CCC(C(=O)NC1CCCC1)N(Cc1ccc(OC)cc1)C(=O)COc1cc(OC)cc(OC)c1. The number of amides is 2. The average Bonchev–Trinajstić information content (AvgIpc) is 3.40. The van der Waals surface area contributed by atoms with Crippen molar-refractivity contribution in [3.05, 3.63) is 48.0 Å². The van der Waals surface area contributed by atoms with E-state index in [-0.39, 0.29) is 31.0 Å². The third-order valence-electron chi connectivity index (χ3n) is 6.29. The van der Waals surface area contributed by atoms with E-state index in [2.05, 4.69) is 5.32 Å². The van der Waals surface area contributed by atoms with Crippen LogP contribution in [0.2, 0.25) is 0 Å². The first-order chi connectivity index (χ1) is 17.0. The second-order valence-corrected chi connectivity index (χ2v) is 8.62. The summed E-state index contributed by atoms with van der Waals surface area (Å²) in [6, 6.07) is 12.2. The van der Waals surface area contributed by atoms with Gasteiger partial charge in [-0.15, -0.1) is 0 Å². The number of benzene rings is 2. The monoisotopic (exact) mass is 484 g/mol. The molecule has 1 saturated carbocycles. The molecule has 35 heavy (non-hydrogen) atoms. The van der Waals surface area contributed by atoms with E-state index < -0.39 is 6.04 Å². The van der Waals surface area contributed by atoms with Crippen LogP contribution in [0.4, 0.5) is 0 Å². The van der Waals surface area contributed by atoms with Crippen LogP contribution in [0.1, 0.15) is 44.6 Å². The number of carbonyl (C=O) groups is 2. The van der Waals surface area contributed by atoms with Crippen molar-refractivity contribution in [3.63, 3.8) is 0 Å². The Morgan fingerprint density at radius 2 is 1.49 bits per heavy atom. The van der Waals surface area contributed by atoms with Gasteiger partial charge in [-0.3, -0.25) is 9.59 Å². The van der Waals surface area contributed by atoms with Gasteiger partial charge in [0.05, 0.1) is 21.3 Å². The molecule has 2 amide bonds. The molecule has 0 aromatic heterocycles. The van der Waals surface area contributed by atoms with E-state index in [1.54, 1.807) is 44.4 Å². The third-order valence-corrected chi connectivity index (χ3v) is 6.29. The first kappa shape index (κ1) is 26.2. The summed E-state index contributed by atoms with van der Waals surface area (Å²) in [5, 5.41) is 3.15. The highest BCUT2D eigenvalue weighted by atomic mass is 16.5. The minimum Gasteiger partial charge on any atom is -0.497 e. The lowest BCUT2D eigenvalue weighted by Gasteiger charge is -2.31. The van der Waals surface area contributed by atoms with Crippen LogP contribution in [-0.4, -0.2) is 56.7 Å². The predicted molar refractivity (Wildman–Crippen MR) is 133 cm³/mol. The van der Waals surface area contributed by atoms with Crippen LogP contribution in [0.15, 0.2) is 42.5 Å². The fourth-order valence-corrected chi connectivity index (χ4v) is 4.31. The first-order valence-corrected chi connectivity index (χ1v) is 12.1. The highest BCUT2D eigenvalue weighted by Gasteiger charge is 2.31. The van der Waals surface area contributed by atoms with Gasteiger partial charge < -0.3 is 29.2 Å². The Morgan fingerprint density at radius 1 is 0.914 bits per heavy atom. The van der Waals surface area contributed by atoms with Crippen LogP contribution in [0, 0.1) is 0 Å². The number of methoxy groups -OCH3 is 3. The van der Waals surface area contributed by atoms with Crippen LogP contribution in [0.25, 0.3) is 0 Å². The standard InChI is InChI=1S/C27H36N2O6/c1-5-25(27(31)28-20-8-6-7-9-20)29(17-19-10-12-21(32-2)13-11-19)26(30)18-35-24-15-22(33-3)14-23(16-24)34-4/h10-16,20,25H,5-9,17-18H2,1-4H3,(H,28,31). The Bertz CT molecular complexity index is 950. The van der Waals surface area contributed by atoms with E-state index in [1.165, 1.54) is 0 Å². The van der Waals surface area contributed by atoms with Crippen molar-refractivity contribution in [3.8, 4) is 23.0 Å². The quantitative estimate of drug-likeness (QED) is 0.491. The maximum atomic E-state index is 13.4. The Morgan fingerprint density at radius 3 is 2.03 bits per heavy atom. The molecule has 0 spiro atoms. The number of ether oxygens (including phenoxy) is 4. The minimum absolute atomic E-state index is 0.121. The normalized spacial score (nSPS) is 14.2. The zero-order valence-corrected chi connectivity index (χ0v) is 21.0. The van der Waals surface area contributed by atoms with E-state index in [1.807, 2.05) is 31.2 Å². The maximum Gasteiger partial charge on any atom is 0.261 e. The molecule has 3 rings (SSSR count). The molecule has 1 fully saturated rings. The van der Waals surface area contributed by atoms with Crippen LogP contribution in [-0.2, 0) is 16.1 Å². The number of hydrogen-bond donors (Lipinski definition) is 1. The topological polar surface area (TPSA) is 86.3 Å². The lowest BCUT2D eigenvalue weighted by atomic mass is 10.1. The predicted octanol–water partition coefficient (Wildman–Crippen LogP) is 3.96. The largest absolute Gasteiger partial charge is 0.497 e. The van der Waals surface area contributed by atoms with Gasteiger partial charge in [0, 0.05) is 30.8 Å². The van der Waals surface area contributed by atoms with Gasteiger partial charge in [-0.25, -0.2) is 0 Å². The molecule has 1 N–H and O–H groups in total. The molecule has 0 bridgehead atoms. The molecule has 1 atom stereocenters. The van der Waals surface area contributed by atoms with Gasteiger partial charge >= 0.3 is 0 Å². The summed E-state index contributed by atoms with van der Waals surface area (Å²) in [6.45, 7) is 1.98. The molecule has 190 valence electrons. The molecule has 2 aromatic carbocycles. The van der Waals surface area contributed by atoms with Crippen molar-refractivity contribution >= 4 is 11.8 Å². The van der Waals surface area contributed by atoms with Gasteiger partial charge in [-0.05, 0) is 37.0 Å². The van der Waals surface area contributed by atoms with Crippen molar-refractivity contribution in [2.24, 2.45) is 0 Å². The summed E-state index contributed by atoms with van der Waals surface area (Å²) in [4.78, 5) is 28.2. The van der Waals surface area contributed by atoms with E-state index in [0.717, 1.165) is 37.0 Å². The molecule has 2 aromatic rings. The van der Waals surface area contributed by atoms with Gasteiger partial charge in [0.15, 0.2) is 6.61 Å². The molecule has 8 nitrogen and oxygen atoms in total. The molecule has 0 radical (unpaired) electrons. The van der Waals surface area contributed by atoms with E-state index >= 15 is 0 Å². The molecule has 0 aliphatic heterocycles. The number of rotatable bonds is 12. The fraction of sp³-hybridized carbons (Fsp3) is 0.481. The Hall–Kier alpha value is -3.42. The van der Waals surface area contributed by atoms with Gasteiger partial charge in [-0.2, -0.15) is 0 Å². The average molecular weight is 485 g/mol. The molecule has 1 unspecified atom stereocenters. The molecule has 8 heteroatoms.